The maximum Gasteiger partial charge on any atom is 0.335 e. The number of hydrogen-bond acceptors (Lipinski definition) is 3. The van der Waals surface area contributed by atoms with Gasteiger partial charge < -0.3 is 10.4 Å². The van der Waals surface area contributed by atoms with E-state index in [4.69, 9.17) is 16.7 Å². The zero-order valence-electron chi connectivity index (χ0n) is 9.63. The van der Waals surface area contributed by atoms with Gasteiger partial charge in [-0.25, -0.2) is 9.78 Å². The standard InChI is InChI=1S/C13H9ClN2O3/c14-9-3-6-11(15-7-9)12(17)16-10-4-1-8(2-5-10)13(18)19/h1-7H,(H,16,17)(H,18,19). The minimum atomic E-state index is -1.02. The second-order valence-corrected chi connectivity index (χ2v) is 4.13. The van der Waals surface area contributed by atoms with E-state index in [-0.39, 0.29) is 17.2 Å². The number of carbonyl (C=O) groups excluding carboxylic acids is 1. The molecule has 0 atom stereocenters. The van der Waals surface area contributed by atoms with Crippen LogP contribution in [0.2, 0.25) is 5.02 Å². The monoisotopic (exact) mass is 276 g/mol. The number of benzene rings is 1. The lowest BCUT2D eigenvalue weighted by Gasteiger charge is -2.05. The summed E-state index contributed by atoms with van der Waals surface area (Å²) in [6.07, 6.45) is 1.38. The highest BCUT2D eigenvalue weighted by molar-refractivity contribution is 6.30. The molecule has 0 aliphatic carbocycles. The van der Waals surface area contributed by atoms with Crippen LogP contribution in [-0.4, -0.2) is 22.0 Å². The van der Waals surface area contributed by atoms with Crippen LogP contribution in [0.25, 0.3) is 0 Å². The SMILES string of the molecule is O=C(O)c1ccc(NC(=O)c2ccc(Cl)cn2)cc1. The number of amides is 1. The van der Waals surface area contributed by atoms with E-state index in [2.05, 4.69) is 10.3 Å². The number of carbonyl (C=O) groups is 2. The molecule has 0 unspecified atom stereocenters. The van der Waals surface area contributed by atoms with E-state index in [9.17, 15) is 9.59 Å². The largest absolute Gasteiger partial charge is 0.478 e. The molecule has 1 aromatic carbocycles. The third-order valence-corrected chi connectivity index (χ3v) is 2.57. The average molecular weight is 277 g/mol. The van der Waals surface area contributed by atoms with E-state index >= 15 is 0 Å². The minimum Gasteiger partial charge on any atom is -0.478 e. The molecule has 96 valence electrons. The van der Waals surface area contributed by atoms with Crippen molar-refractivity contribution in [2.24, 2.45) is 0 Å². The van der Waals surface area contributed by atoms with Crippen LogP contribution >= 0.6 is 11.6 Å². The van der Waals surface area contributed by atoms with Crippen LogP contribution in [0.4, 0.5) is 5.69 Å². The lowest BCUT2D eigenvalue weighted by Crippen LogP contribution is -2.13. The fraction of sp³-hybridized carbons (Fsp3) is 0. The van der Waals surface area contributed by atoms with E-state index in [0.29, 0.717) is 10.7 Å². The summed E-state index contributed by atoms with van der Waals surface area (Å²) < 4.78 is 0. The van der Waals surface area contributed by atoms with Crippen LogP contribution in [0.15, 0.2) is 42.6 Å². The molecule has 19 heavy (non-hydrogen) atoms. The Labute approximate surface area is 113 Å². The number of carboxylic acid groups (broad SMARTS) is 1. The topological polar surface area (TPSA) is 79.3 Å². The molecule has 0 radical (unpaired) electrons. The molecule has 2 aromatic rings. The summed E-state index contributed by atoms with van der Waals surface area (Å²) in [5.41, 5.74) is 0.876. The number of pyridine rings is 1. The highest BCUT2D eigenvalue weighted by Crippen LogP contribution is 2.12. The van der Waals surface area contributed by atoms with Crippen molar-refractivity contribution >= 4 is 29.2 Å². The van der Waals surface area contributed by atoms with E-state index in [0.717, 1.165) is 0 Å². The molecule has 6 heteroatoms. The first kappa shape index (κ1) is 13.0. The van der Waals surface area contributed by atoms with Gasteiger partial charge in [0.1, 0.15) is 5.69 Å². The Morgan fingerprint density at radius 1 is 1.11 bits per heavy atom. The lowest BCUT2D eigenvalue weighted by atomic mass is 10.2. The highest BCUT2D eigenvalue weighted by atomic mass is 35.5. The number of aromatic nitrogens is 1. The normalized spacial score (nSPS) is 9.95. The third kappa shape index (κ3) is 3.29. The van der Waals surface area contributed by atoms with Gasteiger partial charge in [0, 0.05) is 11.9 Å². The molecule has 1 aromatic heterocycles. The number of hydrogen-bond donors (Lipinski definition) is 2. The molecule has 0 fully saturated rings. The highest BCUT2D eigenvalue weighted by Gasteiger charge is 2.08. The summed E-state index contributed by atoms with van der Waals surface area (Å²) >= 11 is 5.67. The third-order valence-electron chi connectivity index (χ3n) is 2.35. The Bertz CT molecular complexity index is 609. The van der Waals surface area contributed by atoms with Gasteiger partial charge in [-0.15, -0.1) is 0 Å². The molecule has 0 aliphatic rings. The van der Waals surface area contributed by atoms with Crippen LogP contribution < -0.4 is 5.32 Å². The van der Waals surface area contributed by atoms with Gasteiger partial charge >= 0.3 is 5.97 Å². The van der Waals surface area contributed by atoms with E-state index in [1.807, 2.05) is 0 Å². The zero-order valence-corrected chi connectivity index (χ0v) is 10.4. The molecule has 2 rings (SSSR count). The Morgan fingerprint density at radius 2 is 1.79 bits per heavy atom. The van der Waals surface area contributed by atoms with Crippen LogP contribution in [0.3, 0.4) is 0 Å². The predicted molar refractivity (Wildman–Crippen MR) is 70.6 cm³/mol. The molecule has 0 saturated carbocycles. The van der Waals surface area contributed by atoms with Crippen LogP contribution in [0, 0.1) is 0 Å². The van der Waals surface area contributed by atoms with Crippen LogP contribution in [0.1, 0.15) is 20.8 Å². The average Bonchev–Trinajstić information content (AvgIpc) is 2.40. The summed E-state index contributed by atoms with van der Waals surface area (Å²) in [4.78, 5) is 26.4. The summed E-state index contributed by atoms with van der Waals surface area (Å²) in [5, 5.41) is 11.8. The molecule has 2 N–H and O–H groups in total. The van der Waals surface area contributed by atoms with Gasteiger partial charge in [0.25, 0.3) is 5.91 Å². The Kier molecular flexibility index (Phi) is 3.77. The number of carboxylic acids is 1. The number of halogens is 1. The van der Waals surface area contributed by atoms with Crippen LogP contribution in [-0.2, 0) is 0 Å². The van der Waals surface area contributed by atoms with Gasteiger partial charge in [0.15, 0.2) is 0 Å². The summed E-state index contributed by atoms with van der Waals surface area (Å²) in [7, 11) is 0. The molecule has 5 nitrogen and oxygen atoms in total. The number of nitrogens with zero attached hydrogens (tertiary/aromatic N) is 1. The van der Waals surface area contributed by atoms with E-state index in [1.165, 1.54) is 36.5 Å². The van der Waals surface area contributed by atoms with E-state index < -0.39 is 5.97 Å². The number of aromatic carboxylic acids is 1. The molecular weight excluding hydrogens is 268 g/mol. The first-order chi connectivity index (χ1) is 9.06. The molecule has 1 amide bonds. The minimum absolute atomic E-state index is 0.155. The molecule has 0 spiro atoms. The maximum atomic E-state index is 11.8. The number of nitrogens with one attached hydrogen (secondary N) is 1. The van der Waals surface area contributed by atoms with Crippen molar-refractivity contribution in [3.05, 3.63) is 58.9 Å². The number of rotatable bonds is 3. The van der Waals surface area contributed by atoms with E-state index in [1.54, 1.807) is 6.07 Å². The summed E-state index contributed by atoms with van der Waals surface area (Å²) in [5.74, 6) is -1.41. The van der Waals surface area contributed by atoms with Crippen molar-refractivity contribution in [3.8, 4) is 0 Å². The predicted octanol–water partition coefficient (Wildman–Crippen LogP) is 2.69. The first-order valence-electron chi connectivity index (χ1n) is 5.32. The van der Waals surface area contributed by atoms with Gasteiger partial charge in [-0.05, 0) is 36.4 Å². The summed E-state index contributed by atoms with van der Waals surface area (Å²) in [6.45, 7) is 0. The second kappa shape index (κ2) is 5.49. The Hall–Kier alpha value is -2.40. The van der Waals surface area contributed by atoms with Gasteiger partial charge in [0.05, 0.1) is 10.6 Å². The molecule has 0 saturated heterocycles. The van der Waals surface area contributed by atoms with Crippen molar-refractivity contribution in [2.75, 3.05) is 5.32 Å². The zero-order chi connectivity index (χ0) is 13.8. The Morgan fingerprint density at radius 3 is 2.32 bits per heavy atom. The molecular formula is C13H9ClN2O3. The molecule has 0 aliphatic heterocycles. The molecule has 0 bridgehead atoms. The lowest BCUT2D eigenvalue weighted by molar-refractivity contribution is 0.0696. The van der Waals surface area contributed by atoms with Crippen molar-refractivity contribution in [3.63, 3.8) is 0 Å². The summed E-state index contributed by atoms with van der Waals surface area (Å²) in [6, 6.07) is 8.91. The quantitative estimate of drug-likeness (QED) is 0.903. The molecule has 1 heterocycles. The smallest absolute Gasteiger partial charge is 0.335 e. The van der Waals surface area contributed by atoms with Gasteiger partial charge in [0.2, 0.25) is 0 Å². The van der Waals surface area contributed by atoms with Gasteiger partial charge in [-0.1, -0.05) is 11.6 Å². The first-order valence-corrected chi connectivity index (χ1v) is 5.70. The van der Waals surface area contributed by atoms with Crippen molar-refractivity contribution in [1.29, 1.82) is 0 Å². The fourth-order valence-corrected chi connectivity index (χ4v) is 1.51. The van der Waals surface area contributed by atoms with Crippen molar-refractivity contribution in [2.45, 2.75) is 0 Å². The number of anilines is 1. The van der Waals surface area contributed by atoms with Gasteiger partial charge in [-0.2, -0.15) is 0 Å². The maximum absolute atomic E-state index is 11.8. The van der Waals surface area contributed by atoms with Crippen molar-refractivity contribution < 1.29 is 14.7 Å². The Balaban J connectivity index is 2.10. The van der Waals surface area contributed by atoms with Crippen LogP contribution in [0.5, 0.6) is 0 Å². The van der Waals surface area contributed by atoms with Gasteiger partial charge in [-0.3, -0.25) is 4.79 Å². The fourth-order valence-electron chi connectivity index (χ4n) is 1.40. The van der Waals surface area contributed by atoms with Crippen molar-refractivity contribution in [1.82, 2.24) is 4.98 Å². The second-order valence-electron chi connectivity index (χ2n) is 3.70.